The molecule has 0 aromatic heterocycles. The Kier molecular flexibility index (Phi) is 5.94. The third-order valence-corrected chi connectivity index (χ3v) is 6.77. The third-order valence-electron chi connectivity index (χ3n) is 4.77. The van der Waals surface area contributed by atoms with Crippen molar-refractivity contribution in [3.05, 3.63) is 64.7 Å². The topological polar surface area (TPSA) is 75.7 Å². The van der Waals surface area contributed by atoms with E-state index in [1.807, 2.05) is 26.0 Å². The smallest absolute Gasteiger partial charge is 0.251 e. The van der Waals surface area contributed by atoms with Gasteiger partial charge in [0.1, 0.15) is 0 Å². The summed E-state index contributed by atoms with van der Waals surface area (Å²) in [5.41, 5.74) is 3.29. The van der Waals surface area contributed by atoms with Crippen molar-refractivity contribution in [2.24, 2.45) is 0 Å². The van der Waals surface area contributed by atoms with Crippen molar-refractivity contribution >= 4 is 15.9 Å². The average Bonchev–Trinajstić information content (AvgIpc) is 2.69. The molecule has 0 atom stereocenters. The second-order valence-corrected chi connectivity index (χ2v) is 8.51. The van der Waals surface area contributed by atoms with Crippen molar-refractivity contribution < 1.29 is 17.9 Å². The molecule has 1 saturated heterocycles. The van der Waals surface area contributed by atoms with E-state index in [-0.39, 0.29) is 17.3 Å². The van der Waals surface area contributed by atoms with Crippen LogP contribution in [0, 0.1) is 13.8 Å². The molecule has 0 aliphatic carbocycles. The van der Waals surface area contributed by atoms with E-state index in [1.165, 1.54) is 4.31 Å². The molecule has 0 bridgehead atoms. The highest BCUT2D eigenvalue weighted by Crippen LogP contribution is 2.21. The summed E-state index contributed by atoms with van der Waals surface area (Å²) in [6, 6.07) is 12.3. The van der Waals surface area contributed by atoms with Gasteiger partial charge in [-0.1, -0.05) is 24.3 Å². The number of hydrogen-bond donors (Lipinski definition) is 1. The zero-order chi connectivity index (χ0) is 19.4. The maximum Gasteiger partial charge on any atom is 0.251 e. The van der Waals surface area contributed by atoms with Crippen LogP contribution in [0.1, 0.15) is 27.0 Å². The maximum absolute atomic E-state index is 13.0. The lowest BCUT2D eigenvalue weighted by molar-refractivity contribution is 0.0730. The summed E-state index contributed by atoms with van der Waals surface area (Å²) >= 11 is 0. The monoisotopic (exact) mass is 388 g/mol. The Bertz CT molecular complexity index is 935. The minimum Gasteiger partial charge on any atom is -0.379 e. The molecule has 1 N–H and O–H groups in total. The lowest BCUT2D eigenvalue weighted by Gasteiger charge is -2.27. The molecule has 0 saturated carbocycles. The molecule has 7 heteroatoms. The van der Waals surface area contributed by atoms with Crippen LogP contribution in [0.5, 0.6) is 0 Å². The molecular formula is C20H24N2O4S. The van der Waals surface area contributed by atoms with E-state index in [4.69, 9.17) is 4.74 Å². The van der Waals surface area contributed by atoms with Crippen LogP contribution in [0.15, 0.2) is 47.4 Å². The highest BCUT2D eigenvalue weighted by atomic mass is 32.2. The fourth-order valence-electron chi connectivity index (χ4n) is 2.99. The van der Waals surface area contributed by atoms with E-state index in [9.17, 15) is 13.2 Å². The number of carbonyl (C=O) groups is 1. The van der Waals surface area contributed by atoms with E-state index in [0.29, 0.717) is 37.4 Å². The number of ether oxygens (including phenoxy) is 1. The Morgan fingerprint density at radius 3 is 2.48 bits per heavy atom. The predicted octanol–water partition coefficient (Wildman–Crippen LogP) is 2.25. The standard InChI is InChI=1S/C20H24N2O4S/c1-15-7-8-17(13-16(15)2)20(23)21-14-18-5-3-4-6-19(18)27(24,25)22-9-11-26-12-10-22/h3-8,13H,9-12,14H2,1-2H3,(H,21,23). The number of carbonyl (C=O) groups excluding carboxylic acids is 1. The lowest BCUT2D eigenvalue weighted by atomic mass is 10.1. The second-order valence-electron chi connectivity index (χ2n) is 6.61. The van der Waals surface area contributed by atoms with Gasteiger partial charge in [0.15, 0.2) is 0 Å². The summed E-state index contributed by atoms with van der Waals surface area (Å²) in [5.74, 6) is -0.225. The Morgan fingerprint density at radius 1 is 1.07 bits per heavy atom. The second kappa shape index (κ2) is 8.21. The van der Waals surface area contributed by atoms with E-state index in [0.717, 1.165) is 11.1 Å². The van der Waals surface area contributed by atoms with Gasteiger partial charge in [0.05, 0.1) is 18.1 Å². The molecule has 6 nitrogen and oxygen atoms in total. The largest absolute Gasteiger partial charge is 0.379 e. The fraction of sp³-hybridized carbons (Fsp3) is 0.350. The highest BCUT2D eigenvalue weighted by molar-refractivity contribution is 7.89. The molecule has 144 valence electrons. The van der Waals surface area contributed by atoms with Crippen LogP contribution in [0.4, 0.5) is 0 Å². The summed E-state index contributed by atoms with van der Waals surface area (Å²) in [6.45, 7) is 5.55. The Labute approximate surface area is 160 Å². The summed E-state index contributed by atoms with van der Waals surface area (Å²) < 4.78 is 32.6. The van der Waals surface area contributed by atoms with E-state index >= 15 is 0 Å². The highest BCUT2D eigenvalue weighted by Gasteiger charge is 2.28. The molecule has 3 rings (SSSR count). The number of benzene rings is 2. The molecule has 2 aromatic carbocycles. The normalized spacial score (nSPS) is 15.5. The number of morpholine rings is 1. The van der Waals surface area contributed by atoms with E-state index < -0.39 is 10.0 Å². The van der Waals surface area contributed by atoms with Gasteiger partial charge < -0.3 is 10.1 Å². The molecule has 0 unspecified atom stereocenters. The van der Waals surface area contributed by atoms with Gasteiger partial charge in [0, 0.05) is 25.2 Å². The van der Waals surface area contributed by atoms with Crippen molar-refractivity contribution in [1.29, 1.82) is 0 Å². The molecular weight excluding hydrogens is 364 g/mol. The minimum atomic E-state index is -3.62. The maximum atomic E-state index is 13.0. The molecule has 1 fully saturated rings. The number of sulfonamides is 1. The number of nitrogens with zero attached hydrogens (tertiary/aromatic N) is 1. The summed E-state index contributed by atoms with van der Waals surface area (Å²) in [4.78, 5) is 12.7. The van der Waals surface area contributed by atoms with Gasteiger partial charge in [0.2, 0.25) is 10.0 Å². The van der Waals surface area contributed by atoms with Crippen LogP contribution in [-0.2, 0) is 21.3 Å². The van der Waals surface area contributed by atoms with Gasteiger partial charge >= 0.3 is 0 Å². The molecule has 2 aromatic rings. The molecule has 1 heterocycles. The van der Waals surface area contributed by atoms with Gasteiger partial charge in [-0.25, -0.2) is 8.42 Å². The first kappa shape index (κ1) is 19.5. The van der Waals surface area contributed by atoms with E-state index in [2.05, 4.69) is 5.32 Å². The Morgan fingerprint density at radius 2 is 1.78 bits per heavy atom. The van der Waals surface area contributed by atoms with Crippen LogP contribution in [-0.4, -0.2) is 44.9 Å². The van der Waals surface area contributed by atoms with Crippen molar-refractivity contribution in [2.75, 3.05) is 26.3 Å². The van der Waals surface area contributed by atoms with Crippen LogP contribution >= 0.6 is 0 Å². The molecule has 1 aliphatic heterocycles. The minimum absolute atomic E-state index is 0.144. The van der Waals surface area contributed by atoms with Crippen LogP contribution < -0.4 is 5.32 Å². The van der Waals surface area contributed by atoms with Crippen molar-refractivity contribution in [2.45, 2.75) is 25.3 Å². The fourth-order valence-corrected chi connectivity index (χ4v) is 4.62. The zero-order valence-corrected chi connectivity index (χ0v) is 16.4. The van der Waals surface area contributed by atoms with Crippen LogP contribution in [0.2, 0.25) is 0 Å². The van der Waals surface area contributed by atoms with Gasteiger partial charge in [0.25, 0.3) is 5.91 Å². The van der Waals surface area contributed by atoms with Crippen molar-refractivity contribution in [1.82, 2.24) is 9.62 Å². The quantitative estimate of drug-likeness (QED) is 0.852. The first-order chi connectivity index (χ1) is 12.9. The molecule has 1 amide bonds. The predicted molar refractivity (Wildman–Crippen MR) is 103 cm³/mol. The number of rotatable bonds is 5. The van der Waals surface area contributed by atoms with E-state index in [1.54, 1.807) is 30.3 Å². The zero-order valence-electron chi connectivity index (χ0n) is 15.6. The Balaban J connectivity index is 1.78. The van der Waals surface area contributed by atoms with Gasteiger partial charge in [-0.3, -0.25) is 4.79 Å². The molecule has 1 aliphatic rings. The number of nitrogens with one attached hydrogen (secondary N) is 1. The number of amides is 1. The van der Waals surface area contributed by atoms with Crippen LogP contribution in [0.25, 0.3) is 0 Å². The third kappa shape index (κ3) is 4.37. The summed E-state index contributed by atoms with van der Waals surface area (Å²) in [7, 11) is -3.62. The summed E-state index contributed by atoms with van der Waals surface area (Å²) in [5, 5.41) is 2.83. The lowest BCUT2D eigenvalue weighted by Crippen LogP contribution is -2.41. The van der Waals surface area contributed by atoms with Gasteiger partial charge in [-0.05, 0) is 48.7 Å². The first-order valence-electron chi connectivity index (χ1n) is 8.91. The SMILES string of the molecule is Cc1ccc(C(=O)NCc2ccccc2S(=O)(=O)N2CCOCC2)cc1C. The van der Waals surface area contributed by atoms with Crippen molar-refractivity contribution in [3.8, 4) is 0 Å². The Hall–Kier alpha value is -2.22. The van der Waals surface area contributed by atoms with Crippen LogP contribution in [0.3, 0.4) is 0 Å². The number of aryl methyl sites for hydroxylation is 2. The average molecular weight is 388 g/mol. The van der Waals surface area contributed by atoms with Crippen molar-refractivity contribution in [3.63, 3.8) is 0 Å². The van der Waals surface area contributed by atoms with Gasteiger partial charge in [-0.15, -0.1) is 0 Å². The molecule has 27 heavy (non-hydrogen) atoms. The number of hydrogen-bond acceptors (Lipinski definition) is 4. The summed E-state index contributed by atoms with van der Waals surface area (Å²) in [6.07, 6.45) is 0. The molecule has 0 radical (unpaired) electrons. The molecule has 0 spiro atoms. The van der Waals surface area contributed by atoms with Gasteiger partial charge in [-0.2, -0.15) is 4.31 Å². The first-order valence-corrected chi connectivity index (χ1v) is 10.3.